The molecule has 1 atom stereocenters. The number of benzene rings is 2. The topological polar surface area (TPSA) is 93.2 Å². The van der Waals surface area contributed by atoms with Crippen LogP contribution in [0, 0.1) is 0 Å². The minimum Gasteiger partial charge on any atom is -0.493 e. The van der Waals surface area contributed by atoms with Gasteiger partial charge in [0.15, 0.2) is 11.5 Å². The second-order valence-corrected chi connectivity index (χ2v) is 10.6. The van der Waals surface area contributed by atoms with Crippen LogP contribution in [0.15, 0.2) is 36.4 Å². The number of anilines is 1. The predicted molar refractivity (Wildman–Crippen MR) is 124 cm³/mol. The van der Waals surface area contributed by atoms with E-state index in [1.807, 2.05) is 19.1 Å². The molecule has 1 fully saturated rings. The van der Waals surface area contributed by atoms with Crippen LogP contribution in [0.2, 0.25) is 0 Å². The highest BCUT2D eigenvalue weighted by atomic mass is 32.2. The van der Waals surface area contributed by atoms with Gasteiger partial charge in [0.2, 0.25) is 6.41 Å². The molecule has 9 heteroatoms. The molecule has 1 heterocycles. The summed E-state index contributed by atoms with van der Waals surface area (Å²) in [6, 6.07) is 10.1. The number of hydrogen-bond donors (Lipinski definition) is 0. The molecular formula is C24H28N2O6S. The molecule has 0 saturated heterocycles. The van der Waals surface area contributed by atoms with Crippen molar-refractivity contribution in [3.63, 3.8) is 0 Å². The van der Waals surface area contributed by atoms with Gasteiger partial charge in [0, 0.05) is 18.8 Å². The molecule has 8 nitrogen and oxygen atoms in total. The van der Waals surface area contributed by atoms with Gasteiger partial charge in [-0.25, -0.2) is 8.42 Å². The van der Waals surface area contributed by atoms with Crippen LogP contribution < -0.4 is 14.4 Å². The fraction of sp³-hybridized carbons (Fsp3) is 0.417. The Hall–Kier alpha value is -3.07. The molecule has 2 aromatic rings. The number of methoxy groups -OCH3 is 1. The zero-order valence-corrected chi connectivity index (χ0v) is 19.8. The summed E-state index contributed by atoms with van der Waals surface area (Å²) in [5.74, 6) is 0.500. The lowest BCUT2D eigenvalue weighted by Crippen LogP contribution is -2.34. The van der Waals surface area contributed by atoms with E-state index in [2.05, 4.69) is 0 Å². The van der Waals surface area contributed by atoms with Crippen molar-refractivity contribution in [2.24, 2.45) is 0 Å². The normalized spacial score (nSPS) is 16.3. The zero-order chi connectivity index (χ0) is 23.8. The van der Waals surface area contributed by atoms with Crippen molar-refractivity contribution in [1.29, 1.82) is 0 Å². The molecule has 2 aromatic carbocycles. The predicted octanol–water partition coefficient (Wildman–Crippen LogP) is 2.96. The number of rotatable bonds is 10. The van der Waals surface area contributed by atoms with E-state index in [9.17, 15) is 18.0 Å². The summed E-state index contributed by atoms with van der Waals surface area (Å²) in [6.07, 6.45) is 3.74. The van der Waals surface area contributed by atoms with Crippen LogP contribution in [0.4, 0.5) is 5.69 Å². The van der Waals surface area contributed by atoms with Crippen LogP contribution in [0.3, 0.4) is 0 Å². The summed E-state index contributed by atoms with van der Waals surface area (Å²) in [5.41, 5.74) is 2.47. The van der Waals surface area contributed by atoms with Gasteiger partial charge in [-0.1, -0.05) is 18.2 Å². The Bertz CT molecular complexity index is 1180. The third-order valence-electron chi connectivity index (χ3n) is 5.99. The molecule has 2 amide bonds. The molecule has 2 aliphatic rings. The van der Waals surface area contributed by atoms with E-state index in [0.717, 1.165) is 31.1 Å². The van der Waals surface area contributed by atoms with Gasteiger partial charge in [-0.05, 0) is 49.1 Å². The van der Waals surface area contributed by atoms with Gasteiger partial charge in [-0.2, -0.15) is 0 Å². The van der Waals surface area contributed by atoms with Crippen LogP contribution in [-0.2, 0) is 21.2 Å². The van der Waals surface area contributed by atoms with E-state index in [0.29, 0.717) is 34.9 Å². The first-order valence-corrected chi connectivity index (χ1v) is 13.0. The molecule has 4 rings (SSSR count). The quantitative estimate of drug-likeness (QED) is 0.494. The van der Waals surface area contributed by atoms with Crippen LogP contribution in [0.1, 0.15) is 47.3 Å². The lowest BCUT2D eigenvalue weighted by Gasteiger charge is -2.28. The third kappa shape index (κ3) is 4.68. The second-order valence-electron chi connectivity index (χ2n) is 8.44. The SMILES string of the molecule is CCOc1cc([C@H](CS(C)(=O)=O)N2Cc3cccc(N(C=O)C4CC4)c3C2=O)ccc1OC. The standard InChI is InChI=1S/C24H28N2O6S/c1-4-32-22-12-16(8-11-21(22)31-2)20(14-33(3,29)30)25-13-17-6-5-7-19(23(17)24(25)28)26(15-27)18-9-10-18/h5-8,11-12,15,18,20H,4,9-10,13-14H2,1-3H3/t20-/m0/s1. The zero-order valence-electron chi connectivity index (χ0n) is 19.0. The van der Waals surface area contributed by atoms with E-state index in [4.69, 9.17) is 9.47 Å². The average Bonchev–Trinajstić information content (AvgIpc) is 3.55. The number of fused-ring (bicyclic) bond motifs is 1. The van der Waals surface area contributed by atoms with Crippen molar-refractivity contribution in [3.8, 4) is 11.5 Å². The van der Waals surface area contributed by atoms with Crippen molar-refractivity contribution in [2.45, 2.75) is 38.4 Å². The minimum atomic E-state index is -3.43. The average molecular weight is 473 g/mol. The van der Waals surface area contributed by atoms with Crippen LogP contribution >= 0.6 is 0 Å². The Balaban J connectivity index is 1.75. The van der Waals surface area contributed by atoms with Crippen molar-refractivity contribution < 1.29 is 27.5 Å². The number of nitrogens with zero attached hydrogens (tertiary/aromatic N) is 2. The molecule has 0 bridgehead atoms. The fourth-order valence-electron chi connectivity index (χ4n) is 4.35. The van der Waals surface area contributed by atoms with Gasteiger partial charge < -0.3 is 19.3 Å². The highest BCUT2D eigenvalue weighted by molar-refractivity contribution is 7.90. The number of carbonyl (C=O) groups is 2. The van der Waals surface area contributed by atoms with E-state index < -0.39 is 15.9 Å². The fourth-order valence-corrected chi connectivity index (χ4v) is 5.29. The Labute approximate surface area is 194 Å². The first-order valence-electron chi connectivity index (χ1n) is 10.9. The van der Waals surface area contributed by atoms with Gasteiger partial charge in [0.05, 0.1) is 36.8 Å². The van der Waals surface area contributed by atoms with E-state index in [1.54, 1.807) is 34.1 Å². The number of amides is 2. The van der Waals surface area contributed by atoms with Gasteiger partial charge >= 0.3 is 0 Å². The number of sulfone groups is 1. The molecule has 0 radical (unpaired) electrons. The molecule has 33 heavy (non-hydrogen) atoms. The molecular weight excluding hydrogens is 444 g/mol. The number of carbonyl (C=O) groups excluding carboxylic acids is 2. The Morgan fingerprint density at radius 1 is 1.21 bits per heavy atom. The maximum absolute atomic E-state index is 13.6. The Morgan fingerprint density at radius 2 is 1.97 bits per heavy atom. The van der Waals surface area contributed by atoms with E-state index in [-0.39, 0.29) is 24.2 Å². The summed E-state index contributed by atoms with van der Waals surface area (Å²) in [4.78, 5) is 28.6. The van der Waals surface area contributed by atoms with Gasteiger partial charge in [-0.3, -0.25) is 9.59 Å². The second kappa shape index (κ2) is 9.05. The molecule has 1 aliphatic carbocycles. The van der Waals surface area contributed by atoms with Crippen LogP contribution in [0.5, 0.6) is 11.5 Å². The van der Waals surface area contributed by atoms with Crippen molar-refractivity contribution in [2.75, 3.05) is 30.6 Å². The monoisotopic (exact) mass is 472 g/mol. The maximum Gasteiger partial charge on any atom is 0.257 e. The molecule has 0 unspecified atom stereocenters. The molecule has 1 aliphatic heterocycles. The largest absolute Gasteiger partial charge is 0.493 e. The summed E-state index contributed by atoms with van der Waals surface area (Å²) < 4.78 is 35.7. The lowest BCUT2D eigenvalue weighted by molar-refractivity contribution is -0.107. The first kappa shape index (κ1) is 23.1. The van der Waals surface area contributed by atoms with E-state index in [1.165, 1.54) is 7.11 Å². The number of ether oxygens (including phenoxy) is 2. The summed E-state index contributed by atoms with van der Waals surface area (Å²) >= 11 is 0. The first-order chi connectivity index (χ1) is 15.8. The summed E-state index contributed by atoms with van der Waals surface area (Å²) in [6.45, 7) is 2.52. The lowest BCUT2D eigenvalue weighted by atomic mass is 10.1. The maximum atomic E-state index is 13.6. The number of hydrogen-bond acceptors (Lipinski definition) is 6. The highest BCUT2D eigenvalue weighted by Gasteiger charge is 2.40. The summed E-state index contributed by atoms with van der Waals surface area (Å²) in [7, 11) is -1.89. The summed E-state index contributed by atoms with van der Waals surface area (Å²) in [5, 5.41) is 0. The molecule has 1 saturated carbocycles. The van der Waals surface area contributed by atoms with Crippen molar-refractivity contribution in [3.05, 3.63) is 53.1 Å². The molecule has 176 valence electrons. The molecule has 0 aromatic heterocycles. The van der Waals surface area contributed by atoms with Gasteiger partial charge in [0.1, 0.15) is 9.84 Å². The van der Waals surface area contributed by atoms with Crippen molar-refractivity contribution in [1.82, 2.24) is 4.90 Å². The van der Waals surface area contributed by atoms with Crippen LogP contribution in [-0.4, -0.2) is 57.4 Å². The molecule has 0 spiro atoms. The highest BCUT2D eigenvalue weighted by Crippen LogP contribution is 2.41. The third-order valence-corrected chi connectivity index (χ3v) is 6.91. The smallest absolute Gasteiger partial charge is 0.257 e. The molecule has 0 N–H and O–H groups in total. The van der Waals surface area contributed by atoms with Crippen LogP contribution in [0.25, 0.3) is 0 Å². The minimum absolute atomic E-state index is 0.109. The van der Waals surface area contributed by atoms with Gasteiger partial charge in [0.25, 0.3) is 5.91 Å². The van der Waals surface area contributed by atoms with Gasteiger partial charge in [-0.15, -0.1) is 0 Å². The van der Waals surface area contributed by atoms with Crippen molar-refractivity contribution >= 4 is 27.8 Å². The van der Waals surface area contributed by atoms with E-state index >= 15 is 0 Å². The Morgan fingerprint density at radius 3 is 2.58 bits per heavy atom. The Kier molecular flexibility index (Phi) is 6.34.